The van der Waals surface area contributed by atoms with Crippen molar-refractivity contribution in [2.45, 2.75) is 12.5 Å². The van der Waals surface area contributed by atoms with Crippen molar-refractivity contribution in [2.75, 3.05) is 22.1 Å². The first kappa shape index (κ1) is 17.3. The standard InChI is InChI=1S/C16H15F2N3O3S/c17-13-3-1-10(7-14(13)18)16(22)21-11-2-4-15(19-8-11)20-12-5-6-25(23,24)9-12/h1-4,7-8,12H,5-6,9H2,(H,19,20)(H,21,22). The number of rotatable bonds is 4. The topological polar surface area (TPSA) is 88.2 Å². The van der Waals surface area contributed by atoms with Gasteiger partial charge in [0.1, 0.15) is 5.82 Å². The highest BCUT2D eigenvalue weighted by atomic mass is 32.2. The van der Waals surface area contributed by atoms with Gasteiger partial charge in [-0.2, -0.15) is 0 Å². The lowest BCUT2D eigenvalue weighted by Gasteiger charge is -2.12. The number of nitrogens with one attached hydrogen (secondary N) is 2. The number of sulfone groups is 1. The van der Waals surface area contributed by atoms with Crippen LogP contribution in [0.2, 0.25) is 0 Å². The van der Waals surface area contributed by atoms with Gasteiger partial charge in [-0.05, 0) is 36.8 Å². The summed E-state index contributed by atoms with van der Waals surface area (Å²) in [5.41, 5.74) is 0.358. The summed E-state index contributed by atoms with van der Waals surface area (Å²) in [6, 6.07) is 5.87. The monoisotopic (exact) mass is 367 g/mol. The minimum absolute atomic E-state index is 0.0164. The van der Waals surface area contributed by atoms with Gasteiger partial charge in [-0.3, -0.25) is 4.79 Å². The molecule has 132 valence electrons. The summed E-state index contributed by atoms with van der Waals surface area (Å²) in [6.07, 6.45) is 1.92. The van der Waals surface area contributed by atoms with Gasteiger partial charge in [0.25, 0.3) is 5.91 Å². The lowest BCUT2D eigenvalue weighted by molar-refractivity contribution is 0.102. The van der Waals surface area contributed by atoms with Crippen molar-refractivity contribution >= 4 is 27.2 Å². The Morgan fingerprint density at radius 2 is 1.96 bits per heavy atom. The largest absolute Gasteiger partial charge is 0.366 e. The van der Waals surface area contributed by atoms with Crippen molar-refractivity contribution in [2.24, 2.45) is 0 Å². The average Bonchev–Trinajstić information content (AvgIpc) is 2.90. The Labute approximate surface area is 143 Å². The zero-order valence-corrected chi connectivity index (χ0v) is 13.8. The third kappa shape index (κ3) is 4.30. The number of hydrogen-bond acceptors (Lipinski definition) is 5. The average molecular weight is 367 g/mol. The molecule has 2 N–H and O–H groups in total. The molecule has 3 rings (SSSR count). The van der Waals surface area contributed by atoms with Crippen LogP contribution in [0.3, 0.4) is 0 Å². The third-order valence-corrected chi connectivity index (χ3v) is 5.56. The van der Waals surface area contributed by atoms with Gasteiger partial charge in [0, 0.05) is 11.6 Å². The molecule has 0 spiro atoms. The fourth-order valence-electron chi connectivity index (χ4n) is 2.51. The number of pyridine rings is 1. The molecule has 2 heterocycles. The summed E-state index contributed by atoms with van der Waals surface area (Å²) in [6.45, 7) is 0. The first-order valence-corrected chi connectivity index (χ1v) is 9.34. The molecular weight excluding hydrogens is 352 g/mol. The summed E-state index contributed by atoms with van der Waals surface area (Å²) in [4.78, 5) is 16.1. The lowest BCUT2D eigenvalue weighted by Crippen LogP contribution is -2.21. The second kappa shape index (κ2) is 6.75. The van der Waals surface area contributed by atoms with Crippen LogP contribution >= 0.6 is 0 Å². The van der Waals surface area contributed by atoms with E-state index in [-0.39, 0.29) is 23.1 Å². The van der Waals surface area contributed by atoms with E-state index in [0.717, 1.165) is 12.1 Å². The van der Waals surface area contributed by atoms with Gasteiger partial charge in [0.15, 0.2) is 21.5 Å². The first-order valence-electron chi connectivity index (χ1n) is 7.52. The van der Waals surface area contributed by atoms with Crippen molar-refractivity contribution in [3.63, 3.8) is 0 Å². The molecule has 25 heavy (non-hydrogen) atoms. The van der Waals surface area contributed by atoms with Crippen LogP contribution in [0.4, 0.5) is 20.3 Å². The summed E-state index contributed by atoms with van der Waals surface area (Å²) >= 11 is 0. The first-order chi connectivity index (χ1) is 11.8. The number of amides is 1. The van der Waals surface area contributed by atoms with Gasteiger partial charge in [-0.15, -0.1) is 0 Å². The van der Waals surface area contributed by atoms with E-state index in [2.05, 4.69) is 15.6 Å². The Bertz CT molecular complexity index is 901. The molecule has 0 radical (unpaired) electrons. The molecule has 0 aliphatic carbocycles. The Morgan fingerprint density at radius 3 is 2.56 bits per heavy atom. The molecule has 1 aliphatic rings. The molecule has 1 unspecified atom stereocenters. The zero-order chi connectivity index (χ0) is 18.0. The number of anilines is 2. The molecule has 1 atom stereocenters. The molecule has 1 aromatic heterocycles. The number of hydrogen-bond donors (Lipinski definition) is 2. The number of carbonyl (C=O) groups is 1. The predicted molar refractivity (Wildman–Crippen MR) is 89.2 cm³/mol. The van der Waals surface area contributed by atoms with E-state index < -0.39 is 27.4 Å². The summed E-state index contributed by atoms with van der Waals surface area (Å²) in [5.74, 6) is -1.99. The van der Waals surface area contributed by atoms with Crippen molar-refractivity contribution in [3.8, 4) is 0 Å². The fraction of sp³-hybridized carbons (Fsp3) is 0.250. The van der Waals surface area contributed by atoms with Gasteiger partial charge >= 0.3 is 0 Å². The number of carbonyl (C=O) groups excluding carboxylic acids is 1. The second-order valence-corrected chi connectivity index (χ2v) is 7.99. The number of nitrogens with zero attached hydrogens (tertiary/aromatic N) is 1. The minimum atomic E-state index is -2.98. The molecule has 1 aromatic carbocycles. The van der Waals surface area contributed by atoms with Crippen LogP contribution < -0.4 is 10.6 Å². The van der Waals surface area contributed by atoms with E-state index in [0.29, 0.717) is 17.9 Å². The number of aromatic nitrogens is 1. The maximum Gasteiger partial charge on any atom is 0.255 e. The highest BCUT2D eigenvalue weighted by Gasteiger charge is 2.27. The predicted octanol–water partition coefficient (Wildman–Crippen LogP) is 2.21. The van der Waals surface area contributed by atoms with Crippen LogP contribution in [-0.4, -0.2) is 36.9 Å². The molecule has 6 nitrogen and oxygen atoms in total. The highest BCUT2D eigenvalue weighted by Crippen LogP contribution is 2.18. The van der Waals surface area contributed by atoms with E-state index in [1.54, 1.807) is 12.1 Å². The number of halogens is 2. The lowest BCUT2D eigenvalue weighted by atomic mass is 10.2. The van der Waals surface area contributed by atoms with E-state index in [1.165, 1.54) is 12.3 Å². The molecule has 1 fully saturated rings. The van der Waals surface area contributed by atoms with Crippen LogP contribution in [0.1, 0.15) is 16.8 Å². The zero-order valence-electron chi connectivity index (χ0n) is 13.0. The van der Waals surface area contributed by atoms with E-state index in [1.807, 2.05) is 0 Å². The molecule has 1 aliphatic heterocycles. The molecular formula is C16H15F2N3O3S. The molecule has 9 heteroatoms. The van der Waals surface area contributed by atoms with Crippen molar-refractivity contribution in [3.05, 3.63) is 53.7 Å². The van der Waals surface area contributed by atoms with Crippen molar-refractivity contribution in [1.29, 1.82) is 0 Å². The van der Waals surface area contributed by atoms with Crippen molar-refractivity contribution < 1.29 is 22.0 Å². The highest BCUT2D eigenvalue weighted by molar-refractivity contribution is 7.91. The summed E-state index contributed by atoms with van der Waals surface area (Å²) in [7, 11) is -2.98. The number of benzene rings is 1. The van der Waals surface area contributed by atoms with E-state index in [4.69, 9.17) is 0 Å². The van der Waals surface area contributed by atoms with Gasteiger partial charge in [0.05, 0.1) is 23.4 Å². The fourth-order valence-corrected chi connectivity index (χ4v) is 4.19. The molecule has 0 saturated carbocycles. The van der Waals surface area contributed by atoms with Crippen LogP contribution in [0.5, 0.6) is 0 Å². The van der Waals surface area contributed by atoms with Gasteiger partial charge in [-0.25, -0.2) is 22.2 Å². The maximum atomic E-state index is 13.2. The minimum Gasteiger partial charge on any atom is -0.366 e. The van der Waals surface area contributed by atoms with Crippen LogP contribution in [0, 0.1) is 11.6 Å². The van der Waals surface area contributed by atoms with Crippen LogP contribution in [-0.2, 0) is 9.84 Å². The normalized spacial score (nSPS) is 18.7. The van der Waals surface area contributed by atoms with Crippen LogP contribution in [0.25, 0.3) is 0 Å². The summed E-state index contributed by atoms with van der Waals surface area (Å²) < 4.78 is 48.9. The van der Waals surface area contributed by atoms with E-state index in [9.17, 15) is 22.0 Å². The smallest absolute Gasteiger partial charge is 0.255 e. The SMILES string of the molecule is O=C(Nc1ccc(NC2CCS(=O)(=O)C2)nc1)c1ccc(F)c(F)c1. The van der Waals surface area contributed by atoms with Gasteiger partial charge < -0.3 is 10.6 Å². The van der Waals surface area contributed by atoms with Crippen molar-refractivity contribution in [1.82, 2.24) is 4.98 Å². The van der Waals surface area contributed by atoms with Gasteiger partial charge in [-0.1, -0.05) is 0 Å². The second-order valence-electron chi connectivity index (χ2n) is 5.76. The Morgan fingerprint density at radius 1 is 1.16 bits per heavy atom. The quantitative estimate of drug-likeness (QED) is 0.865. The summed E-state index contributed by atoms with van der Waals surface area (Å²) in [5, 5.41) is 5.55. The molecule has 0 bridgehead atoms. The Kier molecular flexibility index (Phi) is 4.67. The third-order valence-electron chi connectivity index (χ3n) is 3.79. The molecule has 1 saturated heterocycles. The Balaban J connectivity index is 1.62. The maximum absolute atomic E-state index is 13.2. The van der Waals surface area contributed by atoms with Gasteiger partial charge in [0.2, 0.25) is 0 Å². The van der Waals surface area contributed by atoms with E-state index >= 15 is 0 Å². The molecule has 2 aromatic rings. The Hall–Kier alpha value is -2.55. The molecule has 1 amide bonds. The van der Waals surface area contributed by atoms with Crippen LogP contribution in [0.15, 0.2) is 36.5 Å².